The Bertz CT molecular complexity index is 451. The van der Waals surface area contributed by atoms with E-state index in [2.05, 4.69) is 10.6 Å². The molecule has 0 spiro atoms. The summed E-state index contributed by atoms with van der Waals surface area (Å²) in [5, 5.41) is 13.2. The van der Waals surface area contributed by atoms with Crippen LogP contribution in [-0.2, 0) is 4.79 Å². The third-order valence-corrected chi connectivity index (χ3v) is 2.11. The minimum absolute atomic E-state index is 0.0107. The Morgan fingerprint density at radius 1 is 1.25 bits per heavy atom. The first-order valence-electron chi connectivity index (χ1n) is 5.75. The van der Waals surface area contributed by atoms with Gasteiger partial charge in [-0.05, 0) is 24.3 Å². The number of ether oxygens (including phenoxy) is 1. The minimum Gasteiger partial charge on any atom is -0.488 e. The predicted molar refractivity (Wildman–Crippen MR) is 67.2 cm³/mol. The van der Waals surface area contributed by atoms with Crippen molar-refractivity contribution in [3.63, 3.8) is 0 Å². The second kappa shape index (κ2) is 7.93. The van der Waals surface area contributed by atoms with Crippen LogP contribution in [0.4, 0.5) is 19.3 Å². The first-order chi connectivity index (χ1) is 9.47. The molecule has 0 aromatic heterocycles. The van der Waals surface area contributed by atoms with Gasteiger partial charge in [0, 0.05) is 12.2 Å². The first-order valence-corrected chi connectivity index (χ1v) is 5.75. The van der Waals surface area contributed by atoms with Crippen LogP contribution < -0.4 is 15.4 Å². The van der Waals surface area contributed by atoms with Crippen molar-refractivity contribution in [2.75, 3.05) is 18.5 Å². The van der Waals surface area contributed by atoms with Gasteiger partial charge in [0.2, 0.25) is 0 Å². The second-order valence-electron chi connectivity index (χ2n) is 3.75. The number of benzene rings is 1. The lowest BCUT2D eigenvalue weighted by Gasteiger charge is -2.08. The van der Waals surface area contributed by atoms with Gasteiger partial charge in [-0.3, -0.25) is 4.79 Å². The highest BCUT2D eigenvalue weighted by atomic mass is 19.3. The quantitative estimate of drug-likeness (QED) is 0.715. The van der Waals surface area contributed by atoms with Gasteiger partial charge < -0.3 is 20.5 Å². The predicted octanol–water partition coefficient (Wildman–Crippen LogP) is 1.93. The van der Waals surface area contributed by atoms with Crippen molar-refractivity contribution in [3.05, 3.63) is 24.3 Å². The molecule has 6 nitrogen and oxygen atoms in total. The number of aliphatic carboxylic acids is 1. The molecule has 1 aromatic carbocycles. The van der Waals surface area contributed by atoms with E-state index in [-0.39, 0.29) is 18.7 Å². The summed E-state index contributed by atoms with van der Waals surface area (Å²) < 4.78 is 28.6. The Labute approximate surface area is 113 Å². The van der Waals surface area contributed by atoms with Gasteiger partial charge in [-0.25, -0.2) is 13.6 Å². The Morgan fingerprint density at radius 3 is 2.45 bits per heavy atom. The highest BCUT2D eigenvalue weighted by Gasteiger charge is 2.05. The molecule has 3 N–H and O–H groups in total. The van der Waals surface area contributed by atoms with Gasteiger partial charge in [-0.2, -0.15) is 0 Å². The largest absolute Gasteiger partial charge is 0.488 e. The molecule has 8 heteroatoms. The van der Waals surface area contributed by atoms with Crippen molar-refractivity contribution in [1.29, 1.82) is 0 Å². The zero-order valence-electron chi connectivity index (χ0n) is 10.4. The highest BCUT2D eigenvalue weighted by Crippen LogP contribution is 2.16. The summed E-state index contributed by atoms with van der Waals surface area (Å²) in [4.78, 5) is 21.6. The fourth-order valence-electron chi connectivity index (χ4n) is 1.25. The normalized spacial score (nSPS) is 10.2. The van der Waals surface area contributed by atoms with Crippen molar-refractivity contribution in [2.24, 2.45) is 0 Å². The number of anilines is 1. The Kier molecular flexibility index (Phi) is 6.21. The lowest BCUT2D eigenvalue weighted by molar-refractivity contribution is -0.136. The van der Waals surface area contributed by atoms with E-state index < -0.39 is 25.0 Å². The van der Waals surface area contributed by atoms with Crippen LogP contribution >= 0.6 is 0 Å². The van der Waals surface area contributed by atoms with E-state index in [0.29, 0.717) is 5.69 Å². The fourth-order valence-corrected chi connectivity index (χ4v) is 1.25. The van der Waals surface area contributed by atoms with E-state index in [1.54, 1.807) is 0 Å². The molecule has 0 saturated heterocycles. The van der Waals surface area contributed by atoms with Crippen LogP contribution in [0.25, 0.3) is 0 Å². The highest BCUT2D eigenvalue weighted by molar-refractivity contribution is 5.89. The summed E-state index contributed by atoms with van der Waals surface area (Å²) in [6.07, 6.45) is -2.72. The molecular formula is C12H14F2N2O4. The van der Waals surface area contributed by atoms with Crippen LogP contribution in [-0.4, -0.2) is 36.7 Å². The molecule has 1 aromatic rings. The number of carboxylic acid groups (broad SMARTS) is 1. The smallest absolute Gasteiger partial charge is 0.319 e. The maximum atomic E-state index is 11.9. The van der Waals surface area contributed by atoms with Crippen molar-refractivity contribution in [3.8, 4) is 5.75 Å². The van der Waals surface area contributed by atoms with Gasteiger partial charge >= 0.3 is 12.0 Å². The van der Waals surface area contributed by atoms with Crippen LogP contribution in [0, 0.1) is 0 Å². The molecule has 20 heavy (non-hydrogen) atoms. The van der Waals surface area contributed by atoms with Crippen LogP contribution in [0.1, 0.15) is 6.42 Å². The van der Waals surface area contributed by atoms with Gasteiger partial charge in [-0.15, -0.1) is 0 Å². The third-order valence-electron chi connectivity index (χ3n) is 2.11. The summed E-state index contributed by atoms with van der Waals surface area (Å²) in [6.45, 7) is -0.681. The van der Waals surface area contributed by atoms with Crippen LogP contribution in [0.5, 0.6) is 5.75 Å². The molecule has 0 saturated carbocycles. The SMILES string of the molecule is O=C(O)CCNC(=O)Nc1ccc(OCC(F)F)cc1. The number of hydrogen-bond donors (Lipinski definition) is 3. The summed E-state index contributed by atoms with van der Waals surface area (Å²) in [5.74, 6) is -0.743. The topological polar surface area (TPSA) is 87.7 Å². The Morgan fingerprint density at radius 2 is 1.90 bits per heavy atom. The van der Waals surface area contributed by atoms with E-state index in [0.717, 1.165) is 0 Å². The zero-order chi connectivity index (χ0) is 15.0. The maximum absolute atomic E-state index is 11.9. The molecule has 0 unspecified atom stereocenters. The van der Waals surface area contributed by atoms with E-state index in [1.807, 2.05) is 0 Å². The lowest BCUT2D eigenvalue weighted by atomic mass is 10.3. The summed E-state index contributed by atoms with van der Waals surface area (Å²) >= 11 is 0. The number of nitrogens with one attached hydrogen (secondary N) is 2. The molecule has 0 radical (unpaired) electrons. The molecule has 0 aliphatic rings. The number of urea groups is 1. The molecule has 0 heterocycles. The molecular weight excluding hydrogens is 274 g/mol. The van der Waals surface area contributed by atoms with Crippen LogP contribution in [0.3, 0.4) is 0 Å². The number of carboxylic acids is 1. The minimum atomic E-state index is -2.55. The van der Waals surface area contributed by atoms with Crippen molar-refractivity contribution in [1.82, 2.24) is 5.32 Å². The molecule has 0 bridgehead atoms. The maximum Gasteiger partial charge on any atom is 0.319 e. The van der Waals surface area contributed by atoms with Crippen LogP contribution in [0.15, 0.2) is 24.3 Å². The Hall–Kier alpha value is -2.38. The van der Waals surface area contributed by atoms with Gasteiger partial charge in [0.05, 0.1) is 6.42 Å². The molecule has 1 rings (SSSR count). The van der Waals surface area contributed by atoms with E-state index in [9.17, 15) is 18.4 Å². The fraction of sp³-hybridized carbons (Fsp3) is 0.333. The monoisotopic (exact) mass is 288 g/mol. The van der Waals surface area contributed by atoms with Gasteiger partial charge in [0.15, 0.2) is 0 Å². The molecule has 110 valence electrons. The number of carbonyl (C=O) groups is 2. The summed E-state index contributed by atoms with van der Waals surface area (Å²) in [7, 11) is 0. The van der Waals surface area contributed by atoms with Gasteiger partial charge in [0.25, 0.3) is 6.43 Å². The first kappa shape index (κ1) is 15.7. The molecule has 0 aliphatic heterocycles. The third kappa shape index (κ3) is 6.53. The number of carbonyl (C=O) groups excluding carboxylic acids is 1. The molecule has 2 amide bonds. The molecule has 0 aliphatic carbocycles. The van der Waals surface area contributed by atoms with Gasteiger partial charge in [0.1, 0.15) is 12.4 Å². The number of halogens is 2. The van der Waals surface area contributed by atoms with Crippen molar-refractivity contribution < 1.29 is 28.2 Å². The van der Waals surface area contributed by atoms with E-state index in [1.165, 1.54) is 24.3 Å². The zero-order valence-corrected chi connectivity index (χ0v) is 10.4. The number of hydrogen-bond acceptors (Lipinski definition) is 3. The number of amides is 2. The number of rotatable bonds is 7. The van der Waals surface area contributed by atoms with Crippen molar-refractivity contribution in [2.45, 2.75) is 12.8 Å². The van der Waals surface area contributed by atoms with E-state index in [4.69, 9.17) is 9.84 Å². The van der Waals surface area contributed by atoms with E-state index >= 15 is 0 Å². The summed E-state index contributed by atoms with van der Waals surface area (Å²) in [5.41, 5.74) is 0.433. The summed E-state index contributed by atoms with van der Waals surface area (Å²) in [6, 6.07) is 5.30. The molecule has 0 atom stereocenters. The molecule has 0 fully saturated rings. The van der Waals surface area contributed by atoms with Crippen molar-refractivity contribution >= 4 is 17.7 Å². The Balaban J connectivity index is 2.36. The lowest BCUT2D eigenvalue weighted by Crippen LogP contribution is -2.30. The van der Waals surface area contributed by atoms with Gasteiger partial charge in [-0.1, -0.05) is 0 Å². The standard InChI is InChI=1S/C12H14F2N2O4/c13-10(14)7-20-9-3-1-8(2-4-9)16-12(19)15-6-5-11(17)18/h1-4,10H,5-7H2,(H,17,18)(H2,15,16,19). The average Bonchev–Trinajstić information content (AvgIpc) is 2.37. The van der Waals surface area contributed by atoms with Crippen LogP contribution in [0.2, 0.25) is 0 Å². The number of alkyl halides is 2. The second-order valence-corrected chi connectivity index (χ2v) is 3.75. The average molecular weight is 288 g/mol.